The Hall–Kier alpha value is -1.50. The number of nitro benzene ring substituents is 1. The van der Waals surface area contributed by atoms with Crippen LogP contribution in [0.2, 0.25) is 0 Å². The summed E-state index contributed by atoms with van der Waals surface area (Å²) in [4.78, 5) is 14.9. The molecule has 1 aromatic rings. The molecule has 1 aliphatic rings. The number of benzene rings is 1. The molecule has 19 heavy (non-hydrogen) atoms. The Balaban J connectivity index is 2.01. The summed E-state index contributed by atoms with van der Waals surface area (Å²) >= 11 is 0. The Morgan fingerprint density at radius 2 is 2.05 bits per heavy atom. The fourth-order valence-electron chi connectivity index (χ4n) is 2.44. The molecular formula is C13H20N4O2. The van der Waals surface area contributed by atoms with Gasteiger partial charge in [0.15, 0.2) is 0 Å². The first-order valence-corrected chi connectivity index (χ1v) is 6.46. The third kappa shape index (κ3) is 3.50. The molecule has 1 atom stereocenters. The second kappa shape index (κ2) is 6.10. The van der Waals surface area contributed by atoms with Gasteiger partial charge in [0, 0.05) is 50.9 Å². The van der Waals surface area contributed by atoms with Crippen molar-refractivity contribution in [3.05, 3.63) is 39.9 Å². The van der Waals surface area contributed by atoms with Crippen molar-refractivity contribution >= 4 is 5.69 Å². The largest absolute Gasteiger partial charge is 0.329 e. The van der Waals surface area contributed by atoms with Gasteiger partial charge in [0.2, 0.25) is 0 Å². The van der Waals surface area contributed by atoms with Crippen molar-refractivity contribution in [3.63, 3.8) is 0 Å². The Labute approximate surface area is 112 Å². The molecule has 1 aliphatic heterocycles. The minimum Gasteiger partial charge on any atom is -0.329 e. The molecule has 6 heteroatoms. The molecule has 1 fully saturated rings. The van der Waals surface area contributed by atoms with Crippen LogP contribution in [0.3, 0.4) is 0 Å². The van der Waals surface area contributed by atoms with E-state index in [0.29, 0.717) is 12.6 Å². The van der Waals surface area contributed by atoms with Crippen molar-refractivity contribution in [2.45, 2.75) is 12.6 Å². The van der Waals surface area contributed by atoms with Crippen LogP contribution in [0.5, 0.6) is 0 Å². The Morgan fingerprint density at radius 3 is 2.63 bits per heavy atom. The van der Waals surface area contributed by atoms with E-state index in [4.69, 9.17) is 5.73 Å². The lowest BCUT2D eigenvalue weighted by Gasteiger charge is -2.39. The highest BCUT2D eigenvalue weighted by Crippen LogP contribution is 2.16. The van der Waals surface area contributed by atoms with E-state index >= 15 is 0 Å². The highest BCUT2D eigenvalue weighted by molar-refractivity contribution is 5.32. The zero-order valence-electron chi connectivity index (χ0n) is 11.2. The number of nitrogens with two attached hydrogens (primary N) is 1. The molecule has 2 rings (SSSR count). The Bertz CT molecular complexity index is 435. The summed E-state index contributed by atoms with van der Waals surface area (Å²) in [6.07, 6.45) is 0. The molecule has 0 aromatic heterocycles. The highest BCUT2D eigenvalue weighted by atomic mass is 16.6. The second-order valence-electron chi connectivity index (χ2n) is 5.05. The average molecular weight is 264 g/mol. The first kappa shape index (κ1) is 13.9. The molecule has 1 aromatic carbocycles. The standard InChI is InChI=1S/C13H20N4O2/c1-15-6-7-16(13(8-14)10-15)9-11-2-4-12(5-3-11)17(18)19/h2-5,13H,6-10,14H2,1H3. The monoisotopic (exact) mass is 264 g/mol. The summed E-state index contributed by atoms with van der Waals surface area (Å²) in [5, 5.41) is 10.6. The van der Waals surface area contributed by atoms with E-state index in [0.717, 1.165) is 31.7 Å². The van der Waals surface area contributed by atoms with E-state index in [2.05, 4.69) is 16.8 Å². The van der Waals surface area contributed by atoms with Gasteiger partial charge in [-0.05, 0) is 12.6 Å². The van der Waals surface area contributed by atoms with E-state index in [1.165, 1.54) is 0 Å². The maximum atomic E-state index is 10.6. The zero-order valence-corrected chi connectivity index (χ0v) is 11.2. The lowest BCUT2D eigenvalue weighted by Crippen LogP contribution is -2.54. The highest BCUT2D eigenvalue weighted by Gasteiger charge is 2.23. The summed E-state index contributed by atoms with van der Waals surface area (Å²) in [5.41, 5.74) is 7.04. The zero-order chi connectivity index (χ0) is 13.8. The van der Waals surface area contributed by atoms with Gasteiger partial charge >= 0.3 is 0 Å². The van der Waals surface area contributed by atoms with Crippen LogP contribution in [-0.2, 0) is 6.54 Å². The number of nitro groups is 1. The number of piperazine rings is 1. The maximum Gasteiger partial charge on any atom is 0.269 e. The number of non-ortho nitro benzene ring substituents is 1. The number of hydrogen-bond acceptors (Lipinski definition) is 5. The summed E-state index contributed by atoms with van der Waals surface area (Å²) in [6, 6.07) is 7.12. The third-order valence-corrected chi connectivity index (χ3v) is 3.61. The lowest BCUT2D eigenvalue weighted by molar-refractivity contribution is -0.384. The molecule has 6 nitrogen and oxygen atoms in total. The molecule has 1 heterocycles. The van der Waals surface area contributed by atoms with E-state index in [9.17, 15) is 10.1 Å². The first-order valence-electron chi connectivity index (χ1n) is 6.46. The summed E-state index contributed by atoms with van der Waals surface area (Å²) in [7, 11) is 2.10. The first-order chi connectivity index (χ1) is 9.10. The van der Waals surface area contributed by atoms with Crippen molar-refractivity contribution < 1.29 is 4.92 Å². The van der Waals surface area contributed by atoms with Gasteiger partial charge in [-0.25, -0.2) is 0 Å². The van der Waals surface area contributed by atoms with Crippen LogP contribution in [0.15, 0.2) is 24.3 Å². The van der Waals surface area contributed by atoms with Crippen LogP contribution in [0.4, 0.5) is 5.69 Å². The normalized spacial score (nSPS) is 21.5. The average Bonchev–Trinajstić information content (AvgIpc) is 2.41. The minimum absolute atomic E-state index is 0.137. The van der Waals surface area contributed by atoms with Gasteiger partial charge in [-0.3, -0.25) is 15.0 Å². The van der Waals surface area contributed by atoms with Crippen molar-refractivity contribution in [2.24, 2.45) is 5.73 Å². The SMILES string of the molecule is CN1CCN(Cc2ccc([N+](=O)[O-])cc2)C(CN)C1. The van der Waals surface area contributed by atoms with Gasteiger partial charge in [-0.1, -0.05) is 12.1 Å². The number of likely N-dealkylation sites (N-methyl/N-ethyl adjacent to an activating group) is 1. The molecule has 1 saturated heterocycles. The van der Waals surface area contributed by atoms with E-state index in [1.807, 2.05) is 12.1 Å². The van der Waals surface area contributed by atoms with Crippen LogP contribution < -0.4 is 5.73 Å². The predicted octanol–water partition coefficient (Wildman–Crippen LogP) is 0.669. The third-order valence-electron chi connectivity index (χ3n) is 3.61. The van der Waals surface area contributed by atoms with Gasteiger partial charge in [0.05, 0.1) is 4.92 Å². The fourth-order valence-corrected chi connectivity index (χ4v) is 2.44. The van der Waals surface area contributed by atoms with E-state index < -0.39 is 0 Å². The Morgan fingerprint density at radius 1 is 1.37 bits per heavy atom. The van der Waals surface area contributed by atoms with Crippen LogP contribution in [0.25, 0.3) is 0 Å². The smallest absolute Gasteiger partial charge is 0.269 e. The van der Waals surface area contributed by atoms with E-state index in [1.54, 1.807) is 12.1 Å². The quantitative estimate of drug-likeness (QED) is 0.639. The van der Waals surface area contributed by atoms with Crippen molar-refractivity contribution in [2.75, 3.05) is 33.2 Å². The van der Waals surface area contributed by atoms with Crippen LogP contribution in [-0.4, -0.2) is 54.0 Å². The molecule has 0 bridgehead atoms. The van der Waals surface area contributed by atoms with E-state index in [-0.39, 0.29) is 10.6 Å². The van der Waals surface area contributed by atoms with Gasteiger partial charge in [0.1, 0.15) is 0 Å². The van der Waals surface area contributed by atoms with Gasteiger partial charge in [-0.2, -0.15) is 0 Å². The van der Waals surface area contributed by atoms with Gasteiger partial charge in [0.25, 0.3) is 5.69 Å². The van der Waals surface area contributed by atoms with Crippen molar-refractivity contribution in [1.82, 2.24) is 9.80 Å². The number of hydrogen-bond donors (Lipinski definition) is 1. The predicted molar refractivity (Wildman–Crippen MR) is 73.8 cm³/mol. The summed E-state index contributed by atoms with van der Waals surface area (Å²) in [5.74, 6) is 0. The lowest BCUT2D eigenvalue weighted by atomic mass is 10.1. The fraction of sp³-hybridized carbons (Fsp3) is 0.538. The minimum atomic E-state index is -0.373. The molecular weight excluding hydrogens is 244 g/mol. The molecule has 0 amide bonds. The van der Waals surface area contributed by atoms with Gasteiger partial charge < -0.3 is 10.6 Å². The molecule has 0 spiro atoms. The molecule has 0 aliphatic carbocycles. The maximum absolute atomic E-state index is 10.6. The molecule has 1 unspecified atom stereocenters. The molecule has 0 radical (unpaired) electrons. The van der Waals surface area contributed by atoms with Crippen molar-refractivity contribution in [3.8, 4) is 0 Å². The topological polar surface area (TPSA) is 75.6 Å². The Kier molecular flexibility index (Phi) is 4.47. The van der Waals surface area contributed by atoms with Crippen molar-refractivity contribution in [1.29, 1.82) is 0 Å². The second-order valence-corrected chi connectivity index (χ2v) is 5.05. The van der Waals surface area contributed by atoms with Crippen LogP contribution >= 0.6 is 0 Å². The molecule has 2 N–H and O–H groups in total. The van der Waals surface area contributed by atoms with Crippen LogP contribution in [0.1, 0.15) is 5.56 Å². The number of rotatable bonds is 4. The molecule has 0 saturated carbocycles. The van der Waals surface area contributed by atoms with Gasteiger partial charge in [-0.15, -0.1) is 0 Å². The number of nitrogens with zero attached hydrogens (tertiary/aromatic N) is 3. The molecule has 104 valence electrons. The summed E-state index contributed by atoms with van der Waals surface area (Å²) in [6.45, 7) is 4.42. The van der Waals surface area contributed by atoms with Crippen LogP contribution in [0, 0.1) is 10.1 Å². The summed E-state index contributed by atoms with van der Waals surface area (Å²) < 4.78 is 0.